The van der Waals surface area contributed by atoms with Gasteiger partial charge in [-0.3, -0.25) is 9.69 Å². The van der Waals surface area contributed by atoms with E-state index in [0.29, 0.717) is 0 Å². The number of benzene rings is 1. The maximum Gasteiger partial charge on any atom is 0.410 e. The molecule has 0 atom stereocenters. The number of rotatable bonds is 5. The third kappa shape index (κ3) is 4.99. The van der Waals surface area contributed by atoms with Crippen LogP contribution < -0.4 is 0 Å². The van der Waals surface area contributed by atoms with Gasteiger partial charge in [0.2, 0.25) is 0 Å². The average molecular weight is 265 g/mol. The van der Waals surface area contributed by atoms with Crippen molar-refractivity contribution in [2.75, 3.05) is 13.7 Å². The Labute approximate surface area is 113 Å². The van der Waals surface area contributed by atoms with E-state index in [1.54, 1.807) is 0 Å². The van der Waals surface area contributed by atoms with E-state index < -0.39 is 12.1 Å². The van der Waals surface area contributed by atoms with Crippen LogP contribution in [0.2, 0.25) is 0 Å². The molecule has 0 aliphatic rings. The van der Waals surface area contributed by atoms with Crippen molar-refractivity contribution >= 4 is 12.1 Å². The van der Waals surface area contributed by atoms with Crippen LogP contribution in [0, 0.1) is 0 Å². The fraction of sp³-hybridized carbons (Fsp3) is 0.429. The van der Waals surface area contributed by atoms with Gasteiger partial charge in [0.05, 0.1) is 7.11 Å². The van der Waals surface area contributed by atoms with E-state index >= 15 is 0 Å². The van der Waals surface area contributed by atoms with Crippen molar-refractivity contribution in [3.63, 3.8) is 0 Å². The zero-order valence-electron chi connectivity index (χ0n) is 11.5. The molecule has 0 heterocycles. The third-order valence-corrected chi connectivity index (χ3v) is 2.59. The van der Waals surface area contributed by atoms with E-state index in [4.69, 9.17) is 4.74 Å². The molecule has 5 nitrogen and oxygen atoms in total. The van der Waals surface area contributed by atoms with Gasteiger partial charge in [-0.25, -0.2) is 4.79 Å². The molecule has 5 heteroatoms. The van der Waals surface area contributed by atoms with E-state index in [9.17, 15) is 9.59 Å². The number of hydrogen-bond acceptors (Lipinski definition) is 4. The average Bonchev–Trinajstić information content (AvgIpc) is 2.42. The standard InChI is InChI=1S/C14H19NO4/c1-11(2)15(9-13(16)18-3)14(17)19-10-12-7-5-4-6-8-12/h4-8,11H,9-10H2,1-3H3. The topological polar surface area (TPSA) is 55.8 Å². The summed E-state index contributed by atoms with van der Waals surface area (Å²) in [4.78, 5) is 24.5. The van der Waals surface area contributed by atoms with Crippen LogP contribution in [0.5, 0.6) is 0 Å². The lowest BCUT2D eigenvalue weighted by Crippen LogP contribution is -2.41. The molecule has 1 aromatic carbocycles. The highest BCUT2D eigenvalue weighted by Crippen LogP contribution is 2.06. The second kappa shape index (κ2) is 7.41. The van der Waals surface area contributed by atoms with Gasteiger partial charge in [-0.1, -0.05) is 30.3 Å². The van der Waals surface area contributed by atoms with Crippen molar-refractivity contribution < 1.29 is 19.1 Å². The van der Waals surface area contributed by atoms with Crippen LogP contribution in [0.15, 0.2) is 30.3 Å². The smallest absolute Gasteiger partial charge is 0.410 e. The zero-order valence-corrected chi connectivity index (χ0v) is 11.5. The fourth-order valence-corrected chi connectivity index (χ4v) is 1.46. The second-order valence-corrected chi connectivity index (χ2v) is 4.34. The normalized spacial score (nSPS) is 10.1. The first-order valence-corrected chi connectivity index (χ1v) is 6.08. The lowest BCUT2D eigenvalue weighted by Gasteiger charge is -2.24. The molecular weight excluding hydrogens is 246 g/mol. The molecule has 0 N–H and O–H groups in total. The van der Waals surface area contributed by atoms with E-state index in [2.05, 4.69) is 4.74 Å². The molecule has 0 saturated heterocycles. The van der Waals surface area contributed by atoms with Gasteiger partial charge in [0.25, 0.3) is 0 Å². The first-order chi connectivity index (χ1) is 9.04. The summed E-state index contributed by atoms with van der Waals surface area (Å²) in [6.45, 7) is 3.70. The molecule has 0 spiro atoms. The molecule has 104 valence electrons. The van der Waals surface area contributed by atoms with Crippen LogP contribution in [0.1, 0.15) is 19.4 Å². The van der Waals surface area contributed by atoms with Gasteiger partial charge in [0.1, 0.15) is 13.2 Å². The van der Waals surface area contributed by atoms with Crippen LogP contribution in [0.4, 0.5) is 4.79 Å². The lowest BCUT2D eigenvalue weighted by atomic mass is 10.2. The summed E-state index contributed by atoms with van der Waals surface area (Å²) in [7, 11) is 1.29. The number of ether oxygens (including phenoxy) is 2. The van der Waals surface area contributed by atoms with E-state index in [1.165, 1.54) is 12.0 Å². The minimum atomic E-state index is -0.524. The van der Waals surface area contributed by atoms with Gasteiger partial charge in [-0.05, 0) is 19.4 Å². The monoisotopic (exact) mass is 265 g/mol. The minimum Gasteiger partial charge on any atom is -0.468 e. The highest BCUT2D eigenvalue weighted by molar-refractivity contribution is 5.78. The molecule has 19 heavy (non-hydrogen) atoms. The maximum atomic E-state index is 11.9. The molecular formula is C14H19NO4. The van der Waals surface area contributed by atoms with Crippen LogP contribution >= 0.6 is 0 Å². The minimum absolute atomic E-state index is 0.109. The molecule has 0 aliphatic heterocycles. The number of methoxy groups -OCH3 is 1. The van der Waals surface area contributed by atoms with Gasteiger partial charge in [0.15, 0.2) is 0 Å². The summed E-state index contributed by atoms with van der Waals surface area (Å²) >= 11 is 0. The predicted molar refractivity (Wildman–Crippen MR) is 70.5 cm³/mol. The van der Waals surface area contributed by atoms with Crippen molar-refractivity contribution in [3.8, 4) is 0 Å². The summed E-state index contributed by atoms with van der Waals surface area (Å²) in [5.41, 5.74) is 0.901. The molecule has 0 unspecified atom stereocenters. The van der Waals surface area contributed by atoms with Crippen LogP contribution in [0.3, 0.4) is 0 Å². The number of nitrogens with zero attached hydrogens (tertiary/aromatic N) is 1. The van der Waals surface area contributed by atoms with Gasteiger partial charge in [-0.15, -0.1) is 0 Å². The molecule has 0 saturated carbocycles. The van der Waals surface area contributed by atoms with E-state index in [-0.39, 0.29) is 19.2 Å². The molecule has 1 aromatic rings. The summed E-state index contributed by atoms with van der Waals surface area (Å²) < 4.78 is 9.73. The first kappa shape index (κ1) is 15.0. The highest BCUT2D eigenvalue weighted by atomic mass is 16.6. The van der Waals surface area contributed by atoms with Crippen molar-refractivity contribution in [2.45, 2.75) is 26.5 Å². The van der Waals surface area contributed by atoms with Crippen molar-refractivity contribution in [2.24, 2.45) is 0 Å². The van der Waals surface area contributed by atoms with Gasteiger partial charge < -0.3 is 9.47 Å². The fourth-order valence-electron chi connectivity index (χ4n) is 1.46. The molecule has 0 aromatic heterocycles. The molecule has 1 rings (SSSR count). The maximum absolute atomic E-state index is 11.9. The van der Waals surface area contributed by atoms with Gasteiger partial charge in [-0.2, -0.15) is 0 Å². The Morgan fingerprint density at radius 3 is 2.37 bits per heavy atom. The Balaban J connectivity index is 2.55. The molecule has 0 radical (unpaired) electrons. The van der Waals surface area contributed by atoms with Gasteiger partial charge >= 0.3 is 12.1 Å². The van der Waals surface area contributed by atoms with Crippen LogP contribution in [-0.4, -0.2) is 36.7 Å². The van der Waals surface area contributed by atoms with Crippen LogP contribution in [-0.2, 0) is 20.9 Å². The number of hydrogen-bond donors (Lipinski definition) is 0. The number of carbonyl (C=O) groups excluding carboxylic acids is 2. The van der Waals surface area contributed by atoms with E-state index in [0.717, 1.165) is 5.56 Å². The molecule has 0 fully saturated rings. The number of esters is 1. The molecule has 0 bridgehead atoms. The quantitative estimate of drug-likeness (QED) is 0.766. The Bertz CT molecular complexity index is 417. The van der Waals surface area contributed by atoms with Crippen molar-refractivity contribution in [1.82, 2.24) is 4.90 Å². The highest BCUT2D eigenvalue weighted by Gasteiger charge is 2.21. The van der Waals surface area contributed by atoms with Crippen molar-refractivity contribution in [3.05, 3.63) is 35.9 Å². The summed E-state index contributed by atoms with van der Waals surface area (Å²) in [5, 5.41) is 0. The summed E-state index contributed by atoms with van der Waals surface area (Å²) in [6, 6.07) is 9.24. The van der Waals surface area contributed by atoms with Gasteiger partial charge in [0, 0.05) is 6.04 Å². The third-order valence-electron chi connectivity index (χ3n) is 2.59. The summed E-state index contributed by atoms with van der Waals surface area (Å²) in [6.07, 6.45) is -0.524. The second-order valence-electron chi connectivity index (χ2n) is 4.34. The predicted octanol–water partition coefficient (Wildman–Crippen LogP) is 2.21. The Kier molecular flexibility index (Phi) is 5.85. The Morgan fingerprint density at radius 1 is 1.21 bits per heavy atom. The lowest BCUT2D eigenvalue weighted by molar-refractivity contribution is -0.142. The van der Waals surface area contributed by atoms with E-state index in [1.807, 2.05) is 44.2 Å². The summed E-state index contributed by atoms with van der Waals surface area (Å²) in [5.74, 6) is -0.467. The van der Waals surface area contributed by atoms with Crippen molar-refractivity contribution in [1.29, 1.82) is 0 Å². The Hall–Kier alpha value is -2.04. The number of amides is 1. The first-order valence-electron chi connectivity index (χ1n) is 6.08. The molecule has 1 amide bonds. The Morgan fingerprint density at radius 2 is 1.84 bits per heavy atom. The SMILES string of the molecule is COC(=O)CN(C(=O)OCc1ccccc1)C(C)C. The largest absolute Gasteiger partial charge is 0.468 e. The number of carbonyl (C=O) groups is 2. The molecule has 0 aliphatic carbocycles. The van der Waals surface area contributed by atoms with Crippen LogP contribution in [0.25, 0.3) is 0 Å². The zero-order chi connectivity index (χ0) is 14.3.